The smallest absolute Gasteiger partial charge is 0.249 e. The van der Waals surface area contributed by atoms with Gasteiger partial charge in [-0.3, -0.25) is 9.59 Å². The Kier molecular flexibility index (Phi) is 7.13. The number of nitrogens with one attached hydrogen (secondary N) is 3. The number of fused-ring (bicyclic) bond motifs is 7. The lowest BCUT2D eigenvalue weighted by Crippen LogP contribution is -2.52. The van der Waals surface area contributed by atoms with Crippen LogP contribution in [0.5, 0.6) is 11.5 Å². The molecule has 3 aromatic heterocycles. The van der Waals surface area contributed by atoms with Crippen LogP contribution in [-0.4, -0.2) is 56.9 Å². The van der Waals surface area contributed by atoms with Crippen LogP contribution in [0, 0.1) is 11.8 Å². The lowest BCUT2D eigenvalue weighted by molar-refractivity contribution is -0.135. The predicted octanol–water partition coefficient (Wildman–Crippen LogP) is 5.83. The van der Waals surface area contributed by atoms with E-state index in [0.717, 1.165) is 55.7 Å². The number of oxazole rings is 2. The molecule has 13 nitrogen and oxygen atoms in total. The van der Waals surface area contributed by atoms with Crippen LogP contribution in [0.3, 0.4) is 0 Å². The number of benzene rings is 3. The van der Waals surface area contributed by atoms with Crippen molar-refractivity contribution in [3.63, 3.8) is 0 Å². The summed E-state index contributed by atoms with van der Waals surface area (Å²) in [5.41, 5.74) is 6.33. The molecule has 10 bridgehead atoms. The first-order valence-electron chi connectivity index (χ1n) is 18.6. The lowest BCUT2D eigenvalue weighted by Gasteiger charge is -2.29. The molecule has 7 heterocycles. The summed E-state index contributed by atoms with van der Waals surface area (Å²) in [6.07, 6.45) is 1.93. The molecule has 13 heteroatoms. The van der Waals surface area contributed by atoms with Gasteiger partial charge in [-0.2, -0.15) is 0 Å². The van der Waals surface area contributed by atoms with Gasteiger partial charge in [-0.1, -0.05) is 58.0 Å². The van der Waals surface area contributed by atoms with Gasteiger partial charge in [0.1, 0.15) is 35.1 Å². The molecule has 0 saturated carbocycles. The number of ether oxygens (including phenoxy) is 2. The van der Waals surface area contributed by atoms with Crippen molar-refractivity contribution in [2.75, 3.05) is 12.4 Å². The number of carbonyl (C=O) groups is 2. The molecule has 3 aromatic carbocycles. The Morgan fingerprint density at radius 1 is 1.05 bits per heavy atom. The Balaban J connectivity index is 1.29. The number of hydrogen-bond acceptors (Lipinski definition) is 10. The number of methoxy groups -OCH3 is 1. The number of anilines is 1. The first-order valence-corrected chi connectivity index (χ1v) is 18.6. The summed E-state index contributed by atoms with van der Waals surface area (Å²) >= 11 is 0. The molecule has 0 saturated heterocycles. The van der Waals surface area contributed by atoms with E-state index < -0.39 is 41.6 Å². The number of rotatable bonds is 5. The molecule has 1 unspecified atom stereocenters. The number of aliphatic hydroxyl groups excluding tert-OH is 1. The molecule has 4 aliphatic rings. The molecule has 5 atom stereocenters. The summed E-state index contributed by atoms with van der Waals surface area (Å²) in [5.74, 6) is 1.30. The zero-order valence-electron chi connectivity index (χ0n) is 31.2. The maximum Gasteiger partial charge on any atom is 0.249 e. The summed E-state index contributed by atoms with van der Waals surface area (Å²) in [4.78, 5) is 37.4. The Morgan fingerprint density at radius 2 is 1.89 bits per heavy atom. The first kappa shape index (κ1) is 33.5. The van der Waals surface area contributed by atoms with E-state index in [-0.39, 0.29) is 30.0 Å². The average Bonchev–Trinajstić information content (AvgIpc) is 3.99. The number of nitrogens with zero attached hydrogens (tertiary/aromatic N) is 3. The quantitative estimate of drug-likeness (QED) is 0.169. The molecule has 0 radical (unpaired) electrons. The fraction of sp³-hybridized carbons (Fsp3) is 0.333. The Morgan fingerprint density at radius 3 is 2.67 bits per heavy atom. The van der Waals surface area contributed by atoms with Gasteiger partial charge < -0.3 is 43.9 Å². The van der Waals surface area contributed by atoms with E-state index in [1.807, 2.05) is 55.9 Å². The van der Waals surface area contributed by atoms with E-state index in [0.29, 0.717) is 23.0 Å². The molecule has 1 spiro atoms. The fourth-order valence-corrected chi connectivity index (χ4v) is 8.91. The first-order chi connectivity index (χ1) is 26.5. The van der Waals surface area contributed by atoms with Crippen LogP contribution in [0.25, 0.3) is 44.9 Å². The van der Waals surface area contributed by atoms with Crippen LogP contribution >= 0.6 is 0 Å². The third-order valence-electron chi connectivity index (χ3n) is 11.6. The predicted molar refractivity (Wildman–Crippen MR) is 202 cm³/mol. The summed E-state index contributed by atoms with van der Waals surface area (Å²) in [6, 6.07) is 14.4. The van der Waals surface area contributed by atoms with Crippen LogP contribution < -0.4 is 25.4 Å². The summed E-state index contributed by atoms with van der Waals surface area (Å²) in [5, 5.41) is 21.3. The molecular formula is C42H40N6O7. The van der Waals surface area contributed by atoms with Crippen LogP contribution in [0.2, 0.25) is 0 Å². The van der Waals surface area contributed by atoms with E-state index in [4.69, 9.17) is 28.3 Å². The van der Waals surface area contributed by atoms with Crippen LogP contribution in [0.1, 0.15) is 62.1 Å². The molecule has 55 heavy (non-hydrogen) atoms. The Labute approximate surface area is 316 Å². The standard InChI is InChI=1S/C42H40N6O7/c1-18(2)31-40-46-33-36(55-40)42-24-9-7-8-22(21-11-13-28(52-6)34-30(21)23(17-48(34)5)29-16-43-39(33)53-29)32(24)47-41(42)54-27-12-10-20(14-25(27)42)15-26(37(50)45-31)44-38(51)35(49)19(3)4/h7-14,16-19,26,31,35,41,47,49H,15H2,1-6H3,(H,44,51)(H,45,50)/t26-,31-,35-,41?,42-/m0/s1. The minimum atomic E-state index is -1.29. The average molecular weight is 741 g/mol. The van der Waals surface area contributed by atoms with Gasteiger partial charge in [0.15, 0.2) is 23.4 Å². The second kappa shape index (κ2) is 11.7. The van der Waals surface area contributed by atoms with Crippen molar-refractivity contribution in [3.05, 3.63) is 89.3 Å². The highest BCUT2D eigenvalue weighted by molar-refractivity contribution is 6.10. The number of aryl methyl sites for hydroxylation is 1. The van der Waals surface area contributed by atoms with Gasteiger partial charge in [-0.05, 0) is 41.2 Å². The molecule has 4 N–H and O–H groups in total. The largest absolute Gasteiger partial charge is 0.495 e. The summed E-state index contributed by atoms with van der Waals surface area (Å²) < 4.78 is 28.5. The maximum absolute atomic E-state index is 14.2. The Bertz CT molecular complexity index is 2600. The molecule has 4 aliphatic heterocycles. The van der Waals surface area contributed by atoms with E-state index in [9.17, 15) is 14.7 Å². The van der Waals surface area contributed by atoms with Crippen molar-refractivity contribution in [3.8, 4) is 45.5 Å². The topological polar surface area (TPSA) is 166 Å². The number of amides is 2. The summed E-state index contributed by atoms with van der Waals surface area (Å²) in [7, 11) is 3.65. The van der Waals surface area contributed by atoms with Crippen LogP contribution in [0.15, 0.2) is 69.8 Å². The molecular weight excluding hydrogens is 700 g/mol. The van der Waals surface area contributed by atoms with Crippen molar-refractivity contribution in [1.82, 2.24) is 25.2 Å². The molecule has 0 aliphatic carbocycles. The SMILES string of the molecule is COc1ccc2c3c(cn(C)c13)-c1cnc(o1)-c1nc3oc1[C@]14c5cc(ccc5OC1Nc1c-2cccc14)C[C@H](NC(=O)[C@@H](O)C(C)C)C(=O)N[C@H]3C(C)C. The van der Waals surface area contributed by atoms with E-state index in [1.54, 1.807) is 27.2 Å². The molecule has 0 fully saturated rings. The van der Waals surface area contributed by atoms with Crippen molar-refractivity contribution >= 4 is 28.4 Å². The normalized spacial score (nSPS) is 22.0. The van der Waals surface area contributed by atoms with Crippen LogP contribution in [0.4, 0.5) is 5.69 Å². The second-order valence-electron chi connectivity index (χ2n) is 15.6. The monoisotopic (exact) mass is 740 g/mol. The summed E-state index contributed by atoms with van der Waals surface area (Å²) in [6.45, 7) is 7.43. The molecule has 2 amide bonds. The van der Waals surface area contributed by atoms with E-state index >= 15 is 0 Å². The fourth-order valence-electron chi connectivity index (χ4n) is 8.91. The molecule has 10 rings (SSSR count). The van der Waals surface area contributed by atoms with Gasteiger partial charge in [0.2, 0.25) is 23.6 Å². The van der Waals surface area contributed by atoms with Gasteiger partial charge >= 0.3 is 0 Å². The van der Waals surface area contributed by atoms with Crippen molar-refractivity contribution in [1.29, 1.82) is 0 Å². The van der Waals surface area contributed by atoms with Crippen molar-refractivity contribution < 1.29 is 33.0 Å². The van der Waals surface area contributed by atoms with Crippen molar-refractivity contribution in [2.24, 2.45) is 18.9 Å². The van der Waals surface area contributed by atoms with Gasteiger partial charge in [0, 0.05) is 53.0 Å². The number of aromatic nitrogens is 3. The zero-order chi connectivity index (χ0) is 38.1. The number of aliphatic hydroxyl groups is 1. The highest BCUT2D eigenvalue weighted by atomic mass is 16.5. The Hall–Kier alpha value is -6.08. The van der Waals surface area contributed by atoms with Gasteiger partial charge in [-0.25, -0.2) is 9.97 Å². The van der Waals surface area contributed by atoms with E-state index in [2.05, 4.69) is 40.2 Å². The lowest BCUT2D eigenvalue weighted by atomic mass is 9.72. The highest BCUT2D eigenvalue weighted by Crippen LogP contribution is 2.61. The van der Waals surface area contributed by atoms with Gasteiger partial charge in [0.05, 0.1) is 18.8 Å². The van der Waals surface area contributed by atoms with Crippen molar-refractivity contribution in [2.45, 2.75) is 63.9 Å². The second-order valence-corrected chi connectivity index (χ2v) is 15.6. The molecule has 6 aromatic rings. The number of carbonyl (C=O) groups excluding carboxylic acids is 2. The zero-order valence-corrected chi connectivity index (χ0v) is 31.2. The highest BCUT2D eigenvalue weighted by Gasteiger charge is 2.61. The third kappa shape index (κ3) is 4.56. The third-order valence-corrected chi connectivity index (χ3v) is 11.6. The minimum Gasteiger partial charge on any atom is -0.495 e. The number of para-hydroxylation sites is 1. The van der Waals surface area contributed by atoms with Crippen LogP contribution in [-0.2, 0) is 28.5 Å². The van der Waals surface area contributed by atoms with E-state index in [1.165, 1.54) is 0 Å². The number of hydrogen-bond donors (Lipinski definition) is 4. The maximum atomic E-state index is 14.2. The van der Waals surface area contributed by atoms with Gasteiger partial charge in [-0.15, -0.1) is 0 Å². The molecule has 280 valence electrons. The minimum absolute atomic E-state index is 0.157. The van der Waals surface area contributed by atoms with Gasteiger partial charge in [0.25, 0.3) is 0 Å².